The maximum atomic E-state index is 12.5. The SMILES string of the molecule is CC1(C)C(=O)CC[C@]2(C)[C@@H]1CC[C@@]13C=C[C@@](C)(CC[C@H]12)C3. The molecule has 0 aliphatic heterocycles. The molecule has 3 fully saturated rings. The third-order valence-corrected chi connectivity index (χ3v) is 8.22. The highest BCUT2D eigenvalue weighted by molar-refractivity contribution is 5.85. The van der Waals surface area contributed by atoms with Gasteiger partial charge in [-0.1, -0.05) is 39.8 Å². The van der Waals surface area contributed by atoms with E-state index in [4.69, 9.17) is 0 Å². The molecule has 116 valence electrons. The summed E-state index contributed by atoms with van der Waals surface area (Å²) >= 11 is 0. The molecular weight excluding hydrogens is 256 g/mol. The molecule has 0 aromatic carbocycles. The molecule has 5 atom stereocenters. The molecule has 0 radical (unpaired) electrons. The molecule has 21 heavy (non-hydrogen) atoms. The smallest absolute Gasteiger partial charge is 0.138 e. The van der Waals surface area contributed by atoms with Gasteiger partial charge >= 0.3 is 0 Å². The van der Waals surface area contributed by atoms with Crippen LogP contribution < -0.4 is 0 Å². The Morgan fingerprint density at radius 1 is 0.952 bits per heavy atom. The minimum Gasteiger partial charge on any atom is -0.299 e. The number of rotatable bonds is 0. The van der Waals surface area contributed by atoms with Crippen LogP contribution in [0.2, 0.25) is 0 Å². The van der Waals surface area contributed by atoms with Crippen molar-refractivity contribution in [2.24, 2.45) is 33.5 Å². The Labute approximate surface area is 129 Å². The molecule has 1 nitrogen and oxygen atoms in total. The topological polar surface area (TPSA) is 17.1 Å². The summed E-state index contributed by atoms with van der Waals surface area (Å²) in [7, 11) is 0. The third-order valence-electron chi connectivity index (χ3n) is 8.22. The van der Waals surface area contributed by atoms with Crippen molar-refractivity contribution < 1.29 is 4.79 Å². The summed E-state index contributed by atoms with van der Waals surface area (Å²) < 4.78 is 0. The molecule has 4 aliphatic carbocycles. The number of hydrogen-bond acceptors (Lipinski definition) is 1. The van der Waals surface area contributed by atoms with Gasteiger partial charge in [-0.2, -0.15) is 0 Å². The van der Waals surface area contributed by atoms with Crippen LogP contribution in [0.15, 0.2) is 12.2 Å². The Hall–Kier alpha value is -0.590. The highest BCUT2D eigenvalue weighted by Crippen LogP contribution is 2.71. The van der Waals surface area contributed by atoms with Crippen LogP contribution in [-0.2, 0) is 4.79 Å². The van der Waals surface area contributed by atoms with Gasteiger partial charge in [-0.05, 0) is 66.6 Å². The van der Waals surface area contributed by atoms with Gasteiger partial charge < -0.3 is 0 Å². The van der Waals surface area contributed by atoms with Crippen molar-refractivity contribution in [1.82, 2.24) is 0 Å². The van der Waals surface area contributed by atoms with Gasteiger partial charge in [-0.15, -0.1) is 0 Å². The number of fused-ring (bicyclic) bond motifs is 3. The van der Waals surface area contributed by atoms with Crippen LogP contribution in [0, 0.1) is 33.5 Å². The first-order chi connectivity index (χ1) is 9.72. The molecule has 0 aromatic heterocycles. The van der Waals surface area contributed by atoms with Gasteiger partial charge in [-0.3, -0.25) is 4.79 Å². The first-order valence-corrected chi connectivity index (χ1v) is 8.96. The van der Waals surface area contributed by atoms with Crippen LogP contribution in [0.3, 0.4) is 0 Å². The van der Waals surface area contributed by atoms with Gasteiger partial charge in [0.15, 0.2) is 0 Å². The zero-order chi connectivity index (χ0) is 15.1. The lowest BCUT2D eigenvalue weighted by molar-refractivity contribution is -0.163. The van der Waals surface area contributed by atoms with Crippen LogP contribution in [-0.4, -0.2) is 5.78 Å². The minimum atomic E-state index is -0.0995. The van der Waals surface area contributed by atoms with Crippen LogP contribution in [0.5, 0.6) is 0 Å². The molecule has 1 spiro atoms. The van der Waals surface area contributed by atoms with Crippen molar-refractivity contribution >= 4 is 5.78 Å². The molecule has 0 aromatic rings. The van der Waals surface area contributed by atoms with Crippen molar-refractivity contribution in [2.75, 3.05) is 0 Å². The fourth-order valence-electron chi connectivity index (χ4n) is 7.16. The Morgan fingerprint density at radius 2 is 1.67 bits per heavy atom. The zero-order valence-electron chi connectivity index (χ0n) is 14.2. The lowest BCUT2D eigenvalue weighted by Gasteiger charge is -2.63. The second kappa shape index (κ2) is 3.84. The third kappa shape index (κ3) is 1.61. The summed E-state index contributed by atoms with van der Waals surface area (Å²) in [4.78, 5) is 12.5. The first kappa shape index (κ1) is 14.0. The van der Waals surface area contributed by atoms with Gasteiger partial charge in [0.05, 0.1) is 0 Å². The largest absolute Gasteiger partial charge is 0.299 e. The van der Waals surface area contributed by atoms with E-state index in [1.807, 2.05) is 0 Å². The minimum absolute atomic E-state index is 0.0995. The Kier molecular flexibility index (Phi) is 2.56. The van der Waals surface area contributed by atoms with Gasteiger partial charge in [0.25, 0.3) is 0 Å². The van der Waals surface area contributed by atoms with Crippen LogP contribution in [0.25, 0.3) is 0 Å². The summed E-state index contributed by atoms with van der Waals surface area (Å²) in [6.45, 7) is 9.45. The summed E-state index contributed by atoms with van der Waals surface area (Å²) in [6, 6.07) is 0. The van der Waals surface area contributed by atoms with Gasteiger partial charge in [0, 0.05) is 11.8 Å². The molecule has 4 rings (SSSR count). The monoisotopic (exact) mass is 286 g/mol. The molecule has 0 saturated heterocycles. The summed E-state index contributed by atoms with van der Waals surface area (Å²) in [5.41, 5.74) is 1.22. The molecule has 1 heteroatoms. The van der Waals surface area contributed by atoms with E-state index < -0.39 is 0 Å². The number of carbonyl (C=O) groups excluding carboxylic acids is 1. The fourth-order valence-corrected chi connectivity index (χ4v) is 7.16. The molecule has 4 aliphatic rings. The van der Waals surface area contributed by atoms with Crippen LogP contribution >= 0.6 is 0 Å². The Morgan fingerprint density at radius 3 is 2.43 bits per heavy atom. The molecule has 3 saturated carbocycles. The van der Waals surface area contributed by atoms with E-state index in [0.29, 0.717) is 27.9 Å². The molecule has 0 N–H and O–H groups in total. The number of Topliss-reactive ketones (excluding diaryl/α,β-unsaturated/α-hetero) is 1. The van der Waals surface area contributed by atoms with E-state index in [2.05, 4.69) is 39.8 Å². The van der Waals surface area contributed by atoms with Crippen molar-refractivity contribution in [3.63, 3.8) is 0 Å². The molecule has 0 unspecified atom stereocenters. The first-order valence-electron chi connectivity index (χ1n) is 8.96. The summed E-state index contributed by atoms with van der Waals surface area (Å²) in [6.07, 6.45) is 13.8. The van der Waals surface area contributed by atoms with E-state index in [9.17, 15) is 4.79 Å². The highest BCUT2D eigenvalue weighted by Gasteiger charge is 2.64. The van der Waals surface area contributed by atoms with Crippen LogP contribution in [0.4, 0.5) is 0 Å². The fraction of sp³-hybridized carbons (Fsp3) is 0.850. The number of ketones is 1. The zero-order valence-corrected chi connectivity index (χ0v) is 14.2. The molecule has 0 heterocycles. The Balaban J connectivity index is 1.76. The van der Waals surface area contributed by atoms with E-state index >= 15 is 0 Å². The van der Waals surface area contributed by atoms with Gasteiger partial charge in [0.2, 0.25) is 0 Å². The van der Waals surface area contributed by atoms with E-state index in [1.165, 1.54) is 32.1 Å². The normalized spacial score (nSPS) is 54.2. The summed E-state index contributed by atoms with van der Waals surface area (Å²) in [5.74, 6) is 1.92. The number of carbonyl (C=O) groups is 1. The van der Waals surface area contributed by atoms with Gasteiger partial charge in [-0.25, -0.2) is 0 Å². The summed E-state index contributed by atoms with van der Waals surface area (Å²) in [5, 5.41) is 0. The van der Waals surface area contributed by atoms with Crippen molar-refractivity contribution in [3.8, 4) is 0 Å². The lowest BCUT2D eigenvalue weighted by atomic mass is 9.40. The van der Waals surface area contributed by atoms with Crippen molar-refractivity contribution in [2.45, 2.75) is 72.6 Å². The number of hydrogen-bond donors (Lipinski definition) is 0. The second-order valence-electron chi connectivity index (χ2n) is 9.73. The van der Waals surface area contributed by atoms with Crippen LogP contribution in [0.1, 0.15) is 72.6 Å². The quantitative estimate of drug-likeness (QED) is 0.562. The van der Waals surface area contributed by atoms with E-state index in [-0.39, 0.29) is 5.41 Å². The number of allylic oxidation sites excluding steroid dienone is 2. The highest BCUT2D eigenvalue weighted by atomic mass is 16.1. The Bertz CT molecular complexity index is 530. The van der Waals surface area contributed by atoms with Crippen molar-refractivity contribution in [3.05, 3.63) is 12.2 Å². The molecule has 2 bridgehead atoms. The van der Waals surface area contributed by atoms with Crippen molar-refractivity contribution in [1.29, 1.82) is 0 Å². The maximum absolute atomic E-state index is 12.5. The van der Waals surface area contributed by atoms with E-state index in [0.717, 1.165) is 18.8 Å². The second-order valence-corrected chi connectivity index (χ2v) is 9.73. The standard InChI is InChI=1S/C20H30O/c1-17(2)14-6-10-20-12-11-18(3,13-20)8-5-15(20)19(14,4)9-7-16(17)21/h11-12,14-15H,5-10,13H2,1-4H3/t14-,15+,18-,19-,20+/m1/s1. The lowest BCUT2D eigenvalue weighted by Crippen LogP contribution is -2.58. The predicted octanol–water partition coefficient (Wildman–Crippen LogP) is 5.15. The van der Waals surface area contributed by atoms with E-state index in [1.54, 1.807) is 0 Å². The average molecular weight is 286 g/mol. The maximum Gasteiger partial charge on any atom is 0.138 e. The molecule has 0 amide bonds. The predicted molar refractivity (Wildman–Crippen MR) is 85.9 cm³/mol. The van der Waals surface area contributed by atoms with Gasteiger partial charge in [0.1, 0.15) is 5.78 Å². The molecular formula is C20H30O. The average Bonchev–Trinajstić information content (AvgIpc) is 2.65.